The quantitative estimate of drug-likeness (QED) is 0.365. The van der Waals surface area contributed by atoms with Crippen LogP contribution in [0.15, 0.2) is 78.9 Å². The van der Waals surface area contributed by atoms with Crippen LogP contribution < -0.4 is 5.32 Å². The summed E-state index contributed by atoms with van der Waals surface area (Å²) in [5.74, 6) is -1.15. The van der Waals surface area contributed by atoms with Crippen LogP contribution in [0.1, 0.15) is 22.8 Å². The number of hydrogen-bond donors (Lipinski definition) is 1. The number of carbonyl (C=O) groups excluding carboxylic acids is 2. The minimum Gasteiger partial charge on any atom is -0.444 e. The molecule has 1 amide bonds. The summed E-state index contributed by atoms with van der Waals surface area (Å²) in [7, 11) is 0. The third-order valence-electron chi connectivity index (χ3n) is 4.32. The van der Waals surface area contributed by atoms with Crippen molar-refractivity contribution in [2.45, 2.75) is 13.0 Å². The summed E-state index contributed by atoms with van der Waals surface area (Å²) in [5.41, 5.74) is 2.63. The Balaban J connectivity index is 1.78. The molecule has 30 heavy (non-hydrogen) atoms. The molecule has 1 atom stereocenters. The first kappa shape index (κ1) is 21.6. The molecule has 0 radical (unpaired) electrons. The third kappa shape index (κ3) is 5.72. The molecule has 4 nitrogen and oxygen atoms in total. The Morgan fingerprint density at radius 2 is 1.63 bits per heavy atom. The lowest BCUT2D eigenvalue weighted by Gasteiger charge is -2.17. The first-order chi connectivity index (χ1) is 14.4. The lowest BCUT2D eigenvalue weighted by molar-refractivity contribution is -0.149. The first-order valence-electron chi connectivity index (χ1n) is 9.19. The number of benzene rings is 3. The van der Waals surface area contributed by atoms with Gasteiger partial charge in [-0.1, -0.05) is 77.8 Å². The van der Waals surface area contributed by atoms with Crippen LogP contribution in [-0.2, 0) is 14.3 Å². The van der Waals surface area contributed by atoms with E-state index in [1.54, 1.807) is 66.7 Å². The maximum Gasteiger partial charge on any atom is 0.331 e. The van der Waals surface area contributed by atoms with Crippen molar-refractivity contribution in [3.05, 3.63) is 106 Å². The zero-order valence-corrected chi connectivity index (χ0v) is 17.7. The molecule has 1 N–H and O–H groups in total. The zero-order chi connectivity index (χ0) is 21.5. The SMILES string of the molecule is Cc1ccc(NC(=O)[C@H](OC(=O)/C=C/c2ccccc2Cl)c2ccccc2)cc1Cl. The monoisotopic (exact) mass is 439 g/mol. The Kier molecular flexibility index (Phi) is 7.28. The van der Waals surface area contributed by atoms with Gasteiger partial charge in [0.1, 0.15) is 0 Å². The van der Waals surface area contributed by atoms with Crippen molar-refractivity contribution in [2.75, 3.05) is 5.32 Å². The van der Waals surface area contributed by atoms with Gasteiger partial charge in [-0.3, -0.25) is 4.79 Å². The molecule has 0 fully saturated rings. The molecule has 152 valence electrons. The number of ether oxygens (including phenoxy) is 1. The van der Waals surface area contributed by atoms with E-state index in [0.717, 1.165) is 5.56 Å². The topological polar surface area (TPSA) is 55.4 Å². The highest BCUT2D eigenvalue weighted by Gasteiger charge is 2.24. The highest BCUT2D eigenvalue weighted by Crippen LogP contribution is 2.24. The number of esters is 1. The molecule has 0 aliphatic carbocycles. The van der Waals surface area contributed by atoms with E-state index in [-0.39, 0.29) is 0 Å². The number of amides is 1. The second-order valence-electron chi connectivity index (χ2n) is 6.54. The Bertz CT molecular complexity index is 1080. The van der Waals surface area contributed by atoms with Crippen molar-refractivity contribution in [3.8, 4) is 0 Å². The normalized spacial score (nSPS) is 11.8. The van der Waals surface area contributed by atoms with Gasteiger partial charge in [-0.2, -0.15) is 0 Å². The molecule has 0 heterocycles. The summed E-state index contributed by atoms with van der Waals surface area (Å²) < 4.78 is 5.47. The van der Waals surface area contributed by atoms with Crippen molar-refractivity contribution in [3.63, 3.8) is 0 Å². The second-order valence-corrected chi connectivity index (χ2v) is 7.35. The number of nitrogens with one attached hydrogen (secondary N) is 1. The minimum atomic E-state index is -1.13. The fraction of sp³-hybridized carbons (Fsp3) is 0.0833. The maximum atomic E-state index is 12.9. The number of aryl methyl sites for hydroxylation is 1. The zero-order valence-electron chi connectivity index (χ0n) is 16.1. The third-order valence-corrected chi connectivity index (χ3v) is 5.07. The molecule has 3 aromatic carbocycles. The van der Waals surface area contributed by atoms with Gasteiger partial charge >= 0.3 is 5.97 Å². The molecule has 0 saturated carbocycles. The molecule has 3 aromatic rings. The fourth-order valence-corrected chi connectivity index (χ4v) is 3.08. The smallest absolute Gasteiger partial charge is 0.331 e. The Labute approximate surface area is 185 Å². The van der Waals surface area contributed by atoms with Gasteiger partial charge in [0.2, 0.25) is 6.10 Å². The van der Waals surface area contributed by atoms with Crippen LogP contribution in [0.4, 0.5) is 5.69 Å². The largest absolute Gasteiger partial charge is 0.444 e. The number of hydrogen-bond acceptors (Lipinski definition) is 3. The molecule has 0 bridgehead atoms. The summed E-state index contributed by atoms with van der Waals surface area (Å²) in [4.78, 5) is 25.3. The summed E-state index contributed by atoms with van der Waals surface area (Å²) >= 11 is 12.2. The molecular weight excluding hydrogens is 421 g/mol. The summed E-state index contributed by atoms with van der Waals surface area (Å²) in [6, 6.07) is 21.1. The van der Waals surface area contributed by atoms with E-state index in [9.17, 15) is 9.59 Å². The average molecular weight is 440 g/mol. The van der Waals surface area contributed by atoms with Gasteiger partial charge in [0.05, 0.1) is 0 Å². The summed E-state index contributed by atoms with van der Waals surface area (Å²) in [6.45, 7) is 1.87. The molecule has 0 saturated heterocycles. The number of rotatable bonds is 6. The van der Waals surface area contributed by atoms with Crippen LogP contribution in [0.2, 0.25) is 10.0 Å². The fourth-order valence-electron chi connectivity index (χ4n) is 2.70. The Hall–Kier alpha value is -3.08. The predicted molar refractivity (Wildman–Crippen MR) is 121 cm³/mol. The maximum absolute atomic E-state index is 12.9. The van der Waals surface area contributed by atoms with Crippen molar-refractivity contribution >= 4 is 46.8 Å². The molecule has 0 unspecified atom stereocenters. The van der Waals surface area contributed by atoms with E-state index in [4.69, 9.17) is 27.9 Å². The average Bonchev–Trinajstić information content (AvgIpc) is 2.74. The van der Waals surface area contributed by atoms with Crippen LogP contribution in [-0.4, -0.2) is 11.9 Å². The molecule has 0 aliphatic rings. The lowest BCUT2D eigenvalue weighted by atomic mass is 10.1. The number of halogens is 2. The van der Waals surface area contributed by atoms with Crippen LogP contribution in [0.25, 0.3) is 6.08 Å². The second kappa shape index (κ2) is 10.1. The van der Waals surface area contributed by atoms with Gasteiger partial charge in [-0.25, -0.2) is 4.79 Å². The summed E-state index contributed by atoms with van der Waals surface area (Å²) in [6.07, 6.45) is 1.66. The minimum absolute atomic E-state index is 0.486. The highest BCUT2D eigenvalue weighted by molar-refractivity contribution is 6.32. The van der Waals surface area contributed by atoms with Crippen LogP contribution >= 0.6 is 23.2 Å². The number of anilines is 1. The number of carbonyl (C=O) groups is 2. The Morgan fingerprint density at radius 3 is 2.33 bits per heavy atom. The van der Waals surface area contributed by atoms with E-state index in [2.05, 4.69) is 5.32 Å². The molecule has 6 heteroatoms. The van der Waals surface area contributed by atoms with Crippen LogP contribution in [0, 0.1) is 6.92 Å². The van der Waals surface area contributed by atoms with Crippen LogP contribution in [0.5, 0.6) is 0 Å². The molecule has 3 rings (SSSR count). The van der Waals surface area contributed by atoms with E-state index >= 15 is 0 Å². The standard InChI is InChI=1S/C24H19Cl2NO3/c1-16-11-13-19(15-21(16)26)27-24(29)23(18-8-3-2-4-9-18)30-22(28)14-12-17-7-5-6-10-20(17)25/h2-15,23H,1H3,(H,27,29)/b14-12+/t23-/m1/s1. The van der Waals surface area contributed by atoms with Crippen molar-refractivity contribution in [2.24, 2.45) is 0 Å². The molecular formula is C24H19Cl2NO3. The van der Waals surface area contributed by atoms with E-state index in [1.165, 1.54) is 6.08 Å². The molecule has 0 spiro atoms. The van der Waals surface area contributed by atoms with Gasteiger partial charge < -0.3 is 10.1 Å². The molecule has 0 aliphatic heterocycles. The van der Waals surface area contributed by atoms with Gasteiger partial charge in [0.25, 0.3) is 5.91 Å². The van der Waals surface area contributed by atoms with Crippen molar-refractivity contribution in [1.82, 2.24) is 0 Å². The van der Waals surface area contributed by atoms with Crippen molar-refractivity contribution in [1.29, 1.82) is 0 Å². The lowest BCUT2D eigenvalue weighted by Crippen LogP contribution is -2.25. The molecule has 0 aromatic heterocycles. The van der Waals surface area contributed by atoms with Gasteiger partial charge in [-0.05, 0) is 42.3 Å². The first-order valence-corrected chi connectivity index (χ1v) is 9.95. The van der Waals surface area contributed by atoms with Gasteiger partial charge in [0, 0.05) is 27.4 Å². The van der Waals surface area contributed by atoms with E-state index in [1.807, 2.05) is 19.1 Å². The predicted octanol–water partition coefficient (Wildman–Crippen LogP) is 6.24. The highest BCUT2D eigenvalue weighted by atomic mass is 35.5. The summed E-state index contributed by atoms with van der Waals surface area (Å²) in [5, 5.41) is 3.79. The van der Waals surface area contributed by atoms with E-state index in [0.29, 0.717) is 26.9 Å². The van der Waals surface area contributed by atoms with Gasteiger partial charge in [0.15, 0.2) is 0 Å². The van der Waals surface area contributed by atoms with Crippen molar-refractivity contribution < 1.29 is 14.3 Å². The van der Waals surface area contributed by atoms with E-state index < -0.39 is 18.0 Å². The Morgan fingerprint density at radius 1 is 0.933 bits per heavy atom. The van der Waals surface area contributed by atoms with Crippen LogP contribution in [0.3, 0.4) is 0 Å². The van der Waals surface area contributed by atoms with Gasteiger partial charge in [-0.15, -0.1) is 0 Å².